The molecule has 0 saturated carbocycles. The van der Waals surface area contributed by atoms with Gasteiger partial charge in [-0.3, -0.25) is 4.90 Å². The number of rotatable bonds is 10. The topological polar surface area (TPSA) is 88.8 Å². The number of ether oxygens (including phenoxy) is 2. The fourth-order valence-electron chi connectivity index (χ4n) is 3.58. The third kappa shape index (κ3) is 8.74. The lowest BCUT2D eigenvalue weighted by Gasteiger charge is -2.26. The van der Waals surface area contributed by atoms with Gasteiger partial charge < -0.3 is 24.7 Å². The van der Waals surface area contributed by atoms with Gasteiger partial charge in [0.05, 0.1) is 20.3 Å². The van der Waals surface area contributed by atoms with Crippen molar-refractivity contribution in [1.29, 1.82) is 0 Å². The van der Waals surface area contributed by atoms with E-state index in [9.17, 15) is 0 Å². The van der Waals surface area contributed by atoms with E-state index in [2.05, 4.69) is 44.8 Å². The number of nitrogens with zero attached hydrogens (tertiary/aromatic N) is 5. The summed E-state index contributed by atoms with van der Waals surface area (Å²) in [6.07, 6.45) is 1.000. The van der Waals surface area contributed by atoms with Crippen molar-refractivity contribution in [3.8, 4) is 5.75 Å². The van der Waals surface area contributed by atoms with Crippen LogP contribution in [0.4, 0.5) is 0 Å². The molecule has 0 aliphatic carbocycles. The minimum Gasteiger partial charge on any atom is -0.497 e. The second kappa shape index (κ2) is 14.4. The third-order valence-electron chi connectivity index (χ3n) is 5.94. The molecule has 33 heavy (non-hydrogen) atoms. The van der Waals surface area contributed by atoms with E-state index in [4.69, 9.17) is 14.5 Å². The number of guanidine groups is 1. The predicted molar refractivity (Wildman–Crippen MR) is 142 cm³/mol. The van der Waals surface area contributed by atoms with Gasteiger partial charge in [0.1, 0.15) is 18.1 Å². The van der Waals surface area contributed by atoms with E-state index in [1.807, 2.05) is 30.7 Å². The molecule has 0 spiro atoms. The van der Waals surface area contributed by atoms with Gasteiger partial charge in [0.2, 0.25) is 0 Å². The number of methoxy groups -OCH3 is 1. The molecule has 1 saturated heterocycles. The van der Waals surface area contributed by atoms with Crippen molar-refractivity contribution >= 4 is 29.9 Å². The minimum atomic E-state index is 0. The van der Waals surface area contributed by atoms with Crippen LogP contribution >= 0.6 is 24.0 Å². The van der Waals surface area contributed by atoms with Gasteiger partial charge in [-0.05, 0) is 37.0 Å². The van der Waals surface area contributed by atoms with Crippen LogP contribution in [0, 0.1) is 6.92 Å². The van der Waals surface area contributed by atoms with E-state index in [1.54, 1.807) is 7.11 Å². The van der Waals surface area contributed by atoms with Crippen LogP contribution in [-0.2, 0) is 18.3 Å². The van der Waals surface area contributed by atoms with Gasteiger partial charge >= 0.3 is 0 Å². The zero-order valence-corrected chi connectivity index (χ0v) is 22.5. The van der Waals surface area contributed by atoms with Gasteiger partial charge in [0.15, 0.2) is 11.8 Å². The smallest absolute Gasteiger partial charge is 0.191 e. The van der Waals surface area contributed by atoms with Gasteiger partial charge in [-0.2, -0.15) is 0 Å². The molecule has 1 aliphatic rings. The van der Waals surface area contributed by atoms with Crippen LogP contribution in [0.1, 0.15) is 36.5 Å². The molecule has 2 heterocycles. The standard InChI is InChI=1S/C23H37N7O2.HI/c1-18(20-5-7-21(31-4)8-6-20)9-10-24-23(25-11-12-30-13-15-32-16-14-30)26-17-22-28-27-19(2)29(22)3;/h5-8,18H,9-17H2,1-4H3,(H2,24,25,26);1H. The first-order chi connectivity index (χ1) is 15.6. The number of hydrogen-bond donors (Lipinski definition) is 2. The number of halogens is 1. The molecule has 1 aromatic heterocycles. The molecule has 10 heteroatoms. The van der Waals surface area contributed by atoms with Crippen LogP contribution in [0.3, 0.4) is 0 Å². The number of nitrogens with one attached hydrogen (secondary N) is 2. The van der Waals surface area contributed by atoms with E-state index >= 15 is 0 Å². The second-order valence-corrected chi connectivity index (χ2v) is 8.16. The van der Waals surface area contributed by atoms with Crippen molar-refractivity contribution in [2.45, 2.75) is 32.7 Å². The second-order valence-electron chi connectivity index (χ2n) is 8.16. The summed E-state index contributed by atoms with van der Waals surface area (Å²) in [5, 5.41) is 15.3. The molecule has 0 amide bonds. The van der Waals surface area contributed by atoms with E-state index in [0.717, 1.165) is 75.7 Å². The summed E-state index contributed by atoms with van der Waals surface area (Å²) >= 11 is 0. The number of morpholine rings is 1. The summed E-state index contributed by atoms with van der Waals surface area (Å²) in [6.45, 7) is 10.9. The first-order valence-electron chi connectivity index (χ1n) is 11.4. The Hall–Kier alpha value is -1.92. The molecule has 1 fully saturated rings. The van der Waals surface area contributed by atoms with Crippen molar-refractivity contribution in [3.63, 3.8) is 0 Å². The van der Waals surface area contributed by atoms with E-state index in [0.29, 0.717) is 12.5 Å². The Kier molecular flexibility index (Phi) is 11.9. The molecule has 1 atom stereocenters. The van der Waals surface area contributed by atoms with Gasteiger partial charge in [-0.25, -0.2) is 4.99 Å². The molecule has 3 rings (SSSR count). The van der Waals surface area contributed by atoms with Gasteiger partial charge in [0.25, 0.3) is 0 Å². The van der Waals surface area contributed by atoms with Crippen LogP contribution in [0.5, 0.6) is 5.75 Å². The Labute approximate surface area is 214 Å². The predicted octanol–water partition coefficient (Wildman–Crippen LogP) is 2.31. The number of aryl methyl sites for hydroxylation is 1. The number of benzene rings is 1. The first kappa shape index (κ1) is 27.3. The summed E-state index contributed by atoms with van der Waals surface area (Å²) < 4.78 is 12.7. The maximum absolute atomic E-state index is 5.43. The first-order valence-corrected chi connectivity index (χ1v) is 11.4. The quantitative estimate of drug-likeness (QED) is 0.257. The van der Waals surface area contributed by atoms with Crippen LogP contribution in [-0.4, -0.2) is 78.7 Å². The minimum absolute atomic E-state index is 0. The molecule has 184 valence electrons. The number of hydrogen-bond acceptors (Lipinski definition) is 6. The summed E-state index contributed by atoms with van der Waals surface area (Å²) in [4.78, 5) is 7.16. The zero-order valence-electron chi connectivity index (χ0n) is 20.2. The van der Waals surface area contributed by atoms with Crippen LogP contribution in [0.2, 0.25) is 0 Å². The summed E-state index contributed by atoms with van der Waals surface area (Å²) in [7, 11) is 3.66. The highest BCUT2D eigenvalue weighted by molar-refractivity contribution is 14.0. The van der Waals surface area contributed by atoms with Crippen molar-refractivity contribution < 1.29 is 9.47 Å². The highest BCUT2D eigenvalue weighted by Gasteiger charge is 2.11. The fourth-order valence-corrected chi connectivity index (χ4v) is 3.58. The molecule has 0 radical (unpaired) electrons. The van der Waals surface area contributed by atoms with Crippen LogP contribution in [0.25, 0.3) is 0 Å². The summed E-state index contributed by atoms with van der Waals surface area (Å²) in [5.74, 6) is 3.86. The Morgan fingerprint density at radius 2 is 1.85 bits per heavy atom. The lowest BCUT2D eigenvalue weighted by Crippen LogP contribution is -2.44. The highest BCUT2D eigenvalue weighted by atomic mass is 127. The maximum atomic E-state index is 5.43. The van der Waals surface area contributed by atoms with E-state index in [1.165, 1.54) is 5.56 Å². The summed E-state index contributed by atoms with van der Waals surface area (Å²) in [6, 6.07) is 8.30. The van der Waals surface area contributed by atoms with Crippen molar-refractivity contribution in [3.05, 3.63) is 41.5 Å². The summed E-state index contributed by atoms with van der Waals surface area (Å²) in [5.41, 5.74) is 1.31. The molecule has 0 bridgehead atoms. The average Bonchev–Trinajstić information content (AvgIpc) is 3.15. The van der Waals surface area contributed by atoms with Gasteiger partial charge in [-0.15, -0.1) is 34.2 Å². The SMILES string of the molecule is COc1ccc(C(C)CCNC(=NCc2nnc(C)n2C)NCCN2CCOCC2)cc1.I. The zero-order chi connectivity index (χ0) is 22.8. The normalized spacial score (nSPS) is 15.6. The fraction of sp³-hybridized carbons (Fsp3) is 0.609. The number of aromatic nitrogens is 3. The Morgan fingerprint density at radius 1 is 1.15 bits per heavy atom. The average molecular weight is 572 g/mol. The van der Waals surface area contributed by atoms with E-state index < -0.39 is 0 Å². The monoisotopic (exact) mass is 571 g/mol. The largest absolute Gasteiger partial charge is 0.497 e. The maximum Gasteiger partial charge on any atom is 0.191 e. The third-order valence-corrected chi connectivity index (χ3v) is 5.94. The Balaban J connectivity index is 0.00000385. The molecular weight excluding hydrogens is 533 g/mol. The van der Waals surface area contributed by atoms with Crippen molar-refractivity contribution in [2.75, 3.05) is 53.0 Å². The Morgan fingerprint density at radius 3 is 2.48 bits per heavy atom. The molecule has 9 nitrogen and oxygen atoms in total. The Bertz CT molecular complexity index is 851. The lowest BCUT2D eigenvalue weighted by molar-refractivity contribution is 0.0389. The van der Waals surface area contributed by atoms with E-state index in [-0.39, 0.29) is 24.0 Å². The molecule has 2 aromatic rings. The molecular formula is C23H38IN7O2. The molecule has 1 aromatic carbocycles. The highest BCUT2D eigenvalue weighted by Crippen LogP contribution is 2.21. The molecule has 1 aliphatic heterocycles. The van der Waals surface area contributed by atoms with Gasteiger partial charge in [-0.1, -0.05) is 19.1 Å². The number of aliphatic imine (C=N–C) groups is 1. The van der Waals surface area contributed by atoms with Gasteiger partial charge in [0, 0.05) is 39.8 Å². The lowest BCUT2D eigenvalue weighted by atomic mass is 9.98. The van der Waals surface area contributed by atoms with Crippen molar-refractivity contribution in [2.24, 2.45) is 12.0 Å². The van der Waals surface area contributed by atoms with Crippen LogP contribution in [0.15, 0.2) is 29.3 Å². The van der Waals surface area contributed by atoms with Crippen molar-refractivity contribution in [1.82, 2.24) is 30.3 Å². The molecule has 2 N–H and O–H groups in total. The molecule has 1 unspecified atom stereocenters. The van der Waals surface area contributed by atoms with Crippen LogP contribution < -0.4 is 15.4 Å².